The summed E-state index contributed by atoms with van der Waals surface area (Å²) in [7, 11) is 1.68. The first kappa shape index (κ1) is 14.8. The topological polar surface area (TPSA) is 30.5 Å². The molecular formula is C15H25NO2. The van der Waals surface area contributed by atoms with Gasteiger partial charge < -0.3 is 14.8 Å². The first-order valence-corrected chi connectivity index (χ1v) is 6.56. The van der Waals surface area contributed by atoms with Crippen LogP contribution in [0.3, 0.4) is 0 Å². The van der Waals surface area contributed by atoms with Crippen LogP contribution in [0.15, 0.2) is 18.2 Å². The van der Waals surface area contributed by atoms with E-state index in [2.05, 4.69) is 39.1 Å². The molecule has 1 N–H and O–H groups in total. The van der Waals surface area contributed by atoms with Crippen LogP contribution in [0, 0.1) is 5.92 Å². The lowest BCUT2D eigenvalue weighted by atomic mass is 10.2. The normalized spacial score (nSPS) is 11.1. The molecule has 0 heterocycles. The van der Waals surface area contributed by atoms with Gasteiger partial charge in [0.15, 0.2) is 11.5 Å². The van der Waals surface area contributed by atoms with Crippen LogP contribution in [0.4, 0.5) is 0 Å². The minimum Gasteiger partial charge on any atom is -0.493 e. The quantitative estimate of drug-likeness (QED) is 0.807. The van der Waals surface area contributed by atoms with Crippen molar-refractivity contribution in [2.45, 2.75) is 40.3 Å². The maximum atomic E-state index is 5.72. The number of benzene rings is 1. The van der Waals surface area contributed by atoms with Crippen molar-refractivity contribution in [2.75, 3.05) is 13.7 Å². The monoisotopic (exact) mass is 251 g/mol. The Morgan fingerprint density at radius 1 is 1.11 bits per heavy atom. The number of nitrogens with one attached hydrogen (secondary N) is 1. The van der Waals surface area contributed by atoms with E-state index >= 15 is 0 Å². The molecule has 102 valence electrons. The lowest BCUT2D eigenvalue weighted by Crippen LogP contribution is -2.21. The molecule has 0 aliphatic carbocycles. The average Bonchev–Trinajstić information content (AvgIpc) is 2.34. The van der Waals surface area contributed by atoms with E-state index in [4.69, 9.17) is 9.47 Å². The molecule has 0 fully saturated rings. The predicted octanol–water partition coefficient (Wildman–Crippen LogP) is 3.23. The molecular weight excluding hydrogens is 226 g/mol. The van der Waals surface area contributed by atoms with Crippen molar-refractivity contribution in [3.8, 4) is 11.5 Å². The summed E-state index contributed by atoms with van der Waals surface area (Å²) in [6.45, 7) is 10.1. The SMILES string of the molecule is COc1cc(CNC(C)C)ccc1OCC(C)C. The van der Waals surface area contributed by atoms with Crippen molar-refractivity contribution in [3.05, 3.63) is 23.8 Å². The molecule has 0 spiro atoms. The van der Waals surface area contributed by atoms with Gasteiger partial charge in [-0.25, -0.2) is 0 Å². The van der Waals surface area contributed by atoms with Crippen LogP contribution in [0.1, 0.15) is 33.3 Å². The Labute approximate surface area is 110 Å². The molecule has 18 heavy (non-hydrogen) atoms. The molecule has 0 radical (unpaired) electrons. The molecule has 3 nitrogen and oxygen atoms in total. The van der Waals surface area contributed by atoms with E-state index in [1.54, 1.807) is 7.11 Å². The predicted molar refractivity (Wildman–Crippen MR) is 75.3 cm³/mol. The molecule has 0 amide bonds. The van der Waals surface area contributed by atoms with Crippen LogP contribution in [0.2, 0.25) is 0 Å². The Balaban J connectivity index is 2.70. The highest BCUT2D eigenvalue weighted by Crippen LogP contribution is 2.28. The standard InChI is InChI=1S/C15H25NO2/c1-11(2)10-18-14-7-6-13(8-15(14)17-5)9-16-12(3)4/h6-8,11-12,16H,9-10H2,1-5H3. The third-order valence-corrected chi connectivity index (χ3v) is 2.51. The van der Waals surface area contributed by atoms with E-state index in [0.717, 1.165) is 18.0 Å². The van der Waals surface area contributed by atoms with Gasteiger partial charge in [0.2, 0.25) is 0 Å². The first-order chi connectivity index (χ1) is 8.52. The fourth-order valence-electron chi connectivity index (χ4n) is 1.52. The molecule has 0 aliphatic rings. The van der Waals surface area contributed by atoms with E-state index in [9.17, 15) is 0 Å². The Morgan fingerprint density at radius 2 is 1.83 bits per heavy atom. The van der Waals surface area contributed by atoms with E-state index in [1.165, 1.54) is 5.56 Å². The summed E-state index contributed by atoms with van der Waals surface area (Å²) in [6, 6.07) is 6.57. The van der Waals surface area contributed by atoms with Gasteiger partial charge in [0.05, 0.1) is 13.7 Å². The molecule has 0 saturated carbocycles. The number of hydrogen-bond acceptors (Lipinski definition) is 3. The van der Waals surface area contributed by atoms with Crippen molar-refractivity contribution in [1.82, 2.24) is 5.32 Å². The highest BCUT2D eigenvalue weighted by atomic mass is 16.5. The van der Waals surface area contributed by atoms with Crippen molar-refractivity contribution in [2.24, 2.45) is 5.92 Å². The second-order valence-electron chi connectivity index (χ2n) is 5.23. The number of hydrogen-bond donors (Lipinski definition) is 1. The van der Waals surface area contributed by atoms with Crippen LogP contribution in [0.5, 0.6) is 11.5 Å². The summed E-state index contributed by atoms with van der Waals surface area (Å²) in [6.07, 6.45) is 0. The summed E-state index contributed by atoms with van der Waals surface area (Å²) < 4.78 is 11.1. The van der Waals surface area contributed by atoms with Gasteiger partial charge in [-0.15, -0.1) is 0 Å². The molecule has 1 aromatic rings. The van der Waals surface area contributed by atoms with Gasteiger partial charge in [0, 0.05) is 12.6 Å². The lowest BCUT2D eigenvalue weighted by molar-refractivity contribution is 0.256. The minimum atomic E-state index is 0.480. The molecule has 3 heteroatoms. The van der Waals surface area contributed by atoms with Gasteiger partial charge in [0.1, 0.15) is 0 Å². The first-order valence-electron chi connectivity index (χ1n) is 6.56. The van der Waals surface area contributed by atoms with Crippen LogP contribution in [0.25, 0.3) is 0 Å². The molecule has 0 aliphatic heterocycles. The lowest BCUT2D eigenvalue weighted by Gasteiger charge is -2.14. The number of methoxy groups -OCH3 is 1. The maximum Gasteiger partial charge on any atom is 0.161 e. The molecule has 0 bridgehead atoms. The van der Waals surface area contributed by atoms with E-state index in [1.807, 2.05) is 12.1 Å². The molecule has 0 unspecified atom stereocenters. The molecule has 1 aromatic carbocycles. The summed E-state index contributed by atoms with van der Waals surface area (Å²) in [4.78, 5) is 0. The summed E-state index contributed by atoms with van der Waals surface area (Å²) in [5.41, 5.74) is 1.21. The van der Waals surface area contributed by atoms with Crippen LogP contribution >= 0.6 is 0 Å². The number of rotatable bonds is 7. The van der Waals surface area contributed by atoms with Gasteiger partial charge in [-0.2, -0.15) is 0 Å². The summed E-state index contributed by atoms with van der Waals surface area (Å²) in [5.74, 6) is 2.13. The van der Waals surface area contributed by atoms with Crippen molar-refractivity contribution < 1.29 is 9.47 Å². The number of ether oxygens (including phenoxy) is 2. The molecule has 0 aromatic heterocycles. The van der Waals surface area contributed by atoms with E-state index < -0.39 is 0 Å². The Morgan fingerprint density at radius 3 is 2.39 bits per heavy atom. The van der Waals surface area contributed by atoms with Gasteiger partial charge in [0.25, 0.3) is 0 Å². The van der Waals surface area contributed by atoms with Crippen molar-refractivity contribution in [3.63, 3.8) is 0 Å². The largest absolute Gasteiger partial charge is 0.493 e. The Hall–Kier alpha value is -1.22. The fraction of sp³-hybridized carbons (Fsp3) is 0.600. The zero-order valence-electron chi connectivity index (χ0n) is 12.1. The molecule has 1 rings (SSSR count). The average molecular weight is 251 g/mol. The maximum absolute atomic E-state index is 5.72. The summed E-state index contributed by atoms with van der Waals surface area (Å²) in [5, 5.41) is 3.39. The van der Waals surface area contributed by atoms with Gasteiger partial charge in [-0.1, -0.05) is 33.8 Å². The third kappa shape index (κ3) is 4.96. The Kier molecular flexibility index (Phi) is 5.99. The smallest absolute Gasteiger partial charge is 0.161 e. The highest BCUT2D eigenvalue weighted by molar-refractivity contribution is 5.42. The van der Waals surface area contributed by atoms with Gasteiger partial charge in [-0.05, 0) is 23.6 Å². The Bertz CT molecular complexity index is 362. The van der Waals surface area contributed by atoms with Gasteiger partial charge in [-0.3, -0.25) is 0 Å². The minimum absolute atomic E-state index is 0.480. The van der Waals surface area contributed by atoms with E-state index in [-0.39, 0.29) is 0 Å². The van der Waals surface area contributed by atoms with Crippen LogP contribution in [-0.2, 0) is 6.54 Å². The zero-order chi connectivity index (χ0) is 13.5. The molecule has 0 saturated heterocycles. The van der Waals surface area contributed by atoms with E-state index in [0.29, 0.717) is 18.6 Å². The zero-order valence-corrected chi connectivity index (χ0v) is 12.1. The van der Waals surface area contributed by atoms with Crippen molar-refractivity contribution in [1.29, 1.82) is 0 Å². The summed E-state index contributed by atoms with van der Waals surface area (Å²) >= 11 is 0. The highest BCUT2D eigenvalue weighted by Gasteiger charge is 2.07. The fourth-order valence-corrected chi connectivity index (χ4v) is 1.52. The van der Waals surface area contributed by atoms with Crippen molar-refractivity contribution >= 4 is 0 Å². The third-order valence-electron chi connectivity index (χ3n) is 2.51. The van der Waals surface area contributed by atoms with Crippen LogP contribution in [-0.4, -0.2) is 19.8 Å². The second kappa shape index (κ2) is 7.27. The molecule has 0 atom stereocenters. The van der Waals surface area contributed by atoms with Crippen LogP contribution < -0.4 is 14.8 Å². The van der Waals surface area contributed by atoms with Gasteiger partial charge >= 0.3 is 0 Å². The second-order valence-corrected chi connectivity index (χ2v) is 5.23.